The third kappa shape index (κ3) is 3.89. The van der Waals surface area contributed by atoms with E-state index in [2.05, 4.69) is 18.3 Å². The van der Waals surface area contributed by atoms with Gasteiger partial charge < -0.3 is 14.8 Å². The van der Waals surface area contributed by atoms with Crippen molar-refractivity contribution >= 4 is 0 Å². The Labute approximate surface area is 122 Å². The summed E-state index contributed by atoms with van der Waals surface area (Å²) in [4.78, 5) is 0. The molecule has 1 saturated carbocycles. The van der Waals surface area contributed by atoms with E-state index in [0.29, 0.717) is 0 Å². The van der Waals surface area contributed by atoms with Crippen molar-refractivity contribution in [3.63, 3.8) is 0 Å². The lowest BCUT2D eigenvalue weighted by molar-refractivity contribution is 0.247. The van der Waals surface area contributed by atoms with Gasteiger partial charge in [0.2, 0.25) is 0 Å². The van der Waals surface area contributed by atoms with Crippen molar-refractivity contribution in [1.82, 2.24) is 5.32 Å². The zero-order chi connectivity index (χ0) is 14.4. The topological polar surface area (TPSA) is 30.5 Å². The molecule has 0 spiro atoms. The van der Waals surface area contributed by atoms with Crippen molar-refractivity contribution in [3.05, 3.63) is 23.8 Å². The van der Waals surface area contributed by atoms with Gasteiger partial charge in [0.1, 0.15) is 11.5 Å². The van der Waals surface area contributed by atoms with Crippen LogP contribution in [-0.2, 0) is 6.54 Å². The molecule has 0 heterocycles. The fourth-order valence-corrected chi connectivity index (χ4v) is 3.11. The molecule has 1 aromatic rings. The monoisotopic (exact) mass is 277 g/mol. The zero-order valence-electron chi connectivity index (χ0n) is 12.9. The van der Waals surface area contributed by atoms with Gasteiger partial charge in [-0.3, -0.25) is 0 Å². The van der Waals surface area contributed by atoms with Crippen LogP contribution in [0.1, 0.15) is 38.2 Å². The fourth-order valence-electron chi connectivity index (χ4n) is 3.11. The maximum Gasteiger partial charge on any atom is 0.123 e. The summed E-state index contributed by atoms with van der Waals surface area (Å²) in [5.41, 5.74) is 1.16. The molecular weight excluding hydrogens is 250 g/mol. The molecule has 1 aliphatic carbocycles. The molecule has 2 unspecified atom stereocenters. The smallest absolute Gasteiger partial charge is 0.123 e. The molecule has 2 rings (SSSR count). The Kier molecular flexibility index (Phi) is 5.72. The Hall–Kier alpha value is -1.22. The number of hydrogen-bond donors (Lipinski definition) is 1. The highest BCUT2D eigenvalue weighted by molar-refractivity contribution is 5.40. The van der Waals surface area contributed by atoms with Gasteiger partial charge in [0, 0.05) is 12.1 Å². The number of hydrogen-bond acceptors (Lipinski definition) is 3. The molecule has 112 valence electrons. The minimum atomic E-state index is 0.820. The minimum Gasteiger partial charge on any atom is -0.497 e. The highest BCUT2D eigenvalue weighted by atomic mass is 16.5. The second-order valence-electron chi connectivity index (χ2n) is 5.83. The fraction of sp³-hybridized carbons (Fsp3) is 0.647. The summed E-state index contributed by atoms with van der Waals surface area (Å²) in [5.74, 6) is 3.48. The molecule has 2 atom stereocenters. The summed E-state index contributed by atoms with van der Waals surface area (Å²) in [6.07, 6.45) is 5.54. The lowest BCUT2D eigenvalue weighted by Gasteiger charge is -2.29. The second kappa shape index (κ2) is 7.53. The maximum absolute atomic E-state index is 5.41. The maximum atomic E-state index is 5.41. The van der Waals surface area contributed by atoms with Gasteiger partial charge in [0.05, 0.1) is 14.2 Å². The average Bonchev–Trinajstić information content (AvgIpc) is 2.49. The van der Waals surface area contributed by atoms with Gasteiger partial charge >= 0.3 is 0 Å². The van der Waals surface area contributed by atoms with Crippen LogP contribution in [0.5, 0.6) is 11.5 Å². The van der Waals surface area contributed by atoms with E-state index in [9.17, 15) is 0 Å². The summed E-state index contributed by atoms with van der Waals surface area (Å²) in [5, 5.41) is 3.59. The van der Waals surface area contributed by atoms with Crippen molar-refractivity contribution in [2.45, 2.75) is 39.2 Å². The number of nitrogens with one attached hydrogen (secondary N) is 1. The molecule has 1 aromatic carbocycles. The standard InChI is InChI=1S/C17H27NO2/c1-13-6-4-5-7-14(13)11-18-12-15-10-16(19-2)8-9-17(15)20-3/h8-10,13-14,18H,4-7,11-12H2,1-3H3. The summed E-state index contributed by atoms with van der Waals surface area (Å²) in [7, 11) is 3.41. The summed E-state index contributed by atoms with van der Waals surface area (Å²) >= 11 is 0. The van der Waals surface area contributed by atoms with Crippen LogP contribution in [0.3, 0.4) is 0 Å². The molecule has 0 radical (unpaired) electrons. The van der Waals surface area contributed by atoms with E-state index >= 15 is 0 Å². The summed E-state index contributed by atoms with van der Waals surface area (Å²) in [6.45, 7) is 4.32. The van der Waals surface area contributed by atoms with E-state index in [-0.39, 0.29) is 0 Å². The van der Waals surface area contributed by atoms with Gasteiger partial charge in [0.25, 0.3) is 0 Å². The van der Waals surface area contributed by atoms with Crippen molar-refractivity contribution in [1.29, 1.82) is 0 Å². The lowest BCUT2D eigenvalue weighted by Crippen LogP contribution is -2.29. The first-order chi connectivity index (χ1) is 9.74. The first-order valence-electron chi connectivity index (χ1n) is 7.66. The van der Waals surface area contributed by atoms with Crippen LogP contribution in [0.25, 0.3) is 0 Å². The van der Waals surface area contributed by atoms with E-state index in [4.69, 9.17) is 9.47 Å². The predicted molar refractivity (Wildman–Crippen MR) is 82.4 cm³/mol. The van der Waals surface area contributed by atoms with Crippen LogP contribution in [-0.4, -0.2) is 20.8 Å². The van der Waals surface area contributed by atoms with Crippen LogP contribution in [0.2, 0.25) is 0 Å². The predicted octanol–water partition coefficient (Wildman–Crippen LogP) is 3.62. The number of ether oxygens (including phenoxy) is 2. The van der Waals surface area contributed by atoms with E-state index in [0.717, 1.165) is 42.0 Å². The zero-order valence-corrected chi connectivity index (χ0v) is 12.9. The molecular formula is C17H27NO2. The Morgan fingerprint density at radius 1 is 1.15 bits per heavy atom. The summed E-state index contributed by atoms with van der Waals surface area (Å²) < 4.78 is 10.7. The third-order valence-electron chi connectivity index (χ3n) is 4.50. The van der Waals surface area contributed by atoms with Crippen molar-refractivity contribution < 1.29 is 9.47 Å². The Morgan fingerprint density at radius 2 is 1.95 bits per heavy atom. The highest BCUT2D eigenvalue weighted by Crippen LogP contribution is 2.29. The third-order valence-corrected chi connectivity index (χ3v) is 4.50. The molecule has 1 aliphatic rings. The van der Waals surface area contributed by atoms with E-state index in [1.54, 1.807) is 14.2 Å². The molecule has 0 aromatic heterocycles. The van der Waals surface area contributed by atoms with Crippen molar-refractivity contribution in [2.24, 2.45) is 11.8 Å². The van der Waals surface area contributed by atoms with E-state index in [1.165, 1.54) is 25.7 Å². The number of methoxy groups -OCH3 is 2. The summed E-state index contributed by atoms with van der Waals surface area (Å²) in [6, 6.07) is 5.96. The number of rotatable bonds is 6. The Balaban J connectivity index is 1.89. The van der Waals surface area contributed by atoms with Crippen LogP contribution in [0.15, 0.2) is 18.2 Å². The molecule has 0 bridgehead atoms. The quantitative estimate of drug-likeness (QED) is 0.861. The largest absolute Gasteiger partial charge is 0.497 e. The van der Waals surface area contributed by atoms with Gasteiger partial charge in [-0.2, -0.15) is 0 Å². The molecule has 0 saturated heterocycles. The van der Waals surface area contributed by atoms with E-state index < -0.39 is 0 Å². The first-order valence-corrected chi connectivity index (χ1v) is 7.66. The van der Waals surface area contributed by atoms with Crippen LogP contribution < -0.4 is 14.8 Å². The normalized spacial score (nSPS) is 22.6. The van der Waals surface area contributed by atoms with Gasteiger partial charge in [-0.05, 0) is 43.0 Å². The van der Waals surface area contributed by atoms with Crippen LogP contribution in [0.4, 0.5) is 0 Å². The Morgan fingerprint density at radius 3 is 2.65 bits per heavy atom. The van der Waals surface area contributed by atoms with Crippen molar-refractivity contribution in [3.8, 4) is 11.5 Å². The molecule has 0 amide bonds. The van der Waals surface area contributed by atoms with Crippen LogP contribution >= 0.6 is 0 Å². The molecule has 1 fully saturated rings. The molecule has 3 nitrogen and oxygen atoms in total. The lowest BCUT2D eigenvalue weighted by atomic mass is 9.80. The molecule has 20 heavy (non-hydrogen) atoms. The SMILES string of the molecule is COc1ccc(OC)c(CNCC2CCCCC2C)c1. The molecule has 0 aliphatic heterocycles. The van der Waals surface area contributed by atoms with Gasteiger partial charge in [-0.15, -0.1) is 0 Å². The minimum absolute atomic E-state index is 0.820. The van der Waals surface area contributed by atoms with Crippen molar-refractivity contribution in [2.75, 3.05) is 20.8 Å². The van der Waals surface area contributed by atoms with Gasteiger partial charge in [-0.1, -0.05) is 26.2 Å². The number of benzene rings is 1. The average molecular weight is 277 g/mol. The first kappa shape index (κ1) is 15.2. The molecule has 3 heteroatoms. The molecule has 1 N–H and O–H groups in total. The van der Waals surface area contributed by atoms with Gasteiger partial charge in [0.15, 0.2) is 0 Å². The second-order valence-corrected chi connectivity index (χ2v) is 5.83. The van der Waals surface area contributed by atoms with E-state index in [1.807, 2.05) is 12.1 Å². The van der Waals surface area contributed by atoms with Crippen LogP contribution in [0, 0.1) is 11.8 Å². The Bertz CT molecular complexity index is 419. The highest BCUT2D eigenvalue weighted by Gasteiger charge is 2.20. The van der Waals surface area contributed by atoms with Gasteiger partial charge in [-0.25, -0.2) is 0 Å².